The number of aliphatic carboxylic acids is 1. The van der Waals surface area contributed by atoms with Crippen molar-refractivity contribution < 1.29 is 14.7 Å². The monoisotopic (exact) mass is 203 g/mol. The minimum atomic E-state index is -1.02. The first-order chi connectivity index (χ1) is 6.43. The van der Waals surface area contributed by atoms with Crippen molar-refractivity contribution in [2.75, 3.05) is 40.8 Å². The molecule has 0 aromatic heterocycles. The smallest absolute Gasteiger partial charge is 0.323 e. The number of nitrogens with one attached hydrogen (secondary N) is 1. The van der Waals surface area contributed by atoms with Gasteiger partial charge in [0.05, 0.1) is 0 Å². The van der Waals surface area contributed by atoms with Gasteiger partial charge < -0.3 is 20.2 Å². The Bertz CT molecular complexity index is 206. The molecule has 0 fully saturated rings. The molecule has 0 unspecified atom stereocenters. The normalized spacial score (nSPS) is 10.0. The Labute approximate surface area is 83.5 Å². The van der Waals surface area contributed by atoms with Gasteiger partial charge in [0.15, 0.2) is 0 Å². The maximum absolute atomic E-state index is 11.2. The summed E-state index contributed by atoms with van der Waals surface area (Å²) in [6.07, 6.45) is 0. The number of carbonyl (C=O) groups excluding carboxylic acids is 1. The molecule has 0 saturated carbocycles. The lowest BCUT2D eigenvalue weighted by Gasteiger charge is -2.16. The van der Waals surface area contributed by atoms with E-state index in [1.54, 1.807) is 0 Å². The third-order valence-corrected chi connectivity index (χ3v) is 1.55. The zero-order chi connectivity index (χ0) is 11.1. The van der Waals surface area contributed by atoms with E-state index in [4.69, 9.17) is 5.11 Å². The van der Waals surface area contributed by atoms with Crippen LogP contribution in [0.3, 0.4) is 0 Å². The van der Waals surface area contributed by atoms with Gasteiger partial charge in [-0.05, 0) is 14.1 Å². The molecule has 0 aliphatic carbocycles. The number of hydrogen-bond donors (Lipinski definition) is 2. The Kier molecular flexibility index (Phi) is 5.62. The van der Waals surface area contributed by atoms with E-state index >= 15 is 0 Å². The van der Waals surface area contributed by atoms with Crippen molar-refractivity contribution in [2.45, 2.75) is 0 Å². The summed E-state index contributed by atoms with van der Waals surface area (Å²) >= 11 is 0. The Hall–Kier alpha value is -1.30. The highest BCUT2D eigenvalue weighted by atomic mass is 16.4. The van der Waals surface area contributed by atoms with E-state index in [-0.39, 0.29) is 12.6 Å². The van der Waals surface area contributed by atoms with Crippen LogP contribution in [0, 0.1) is 0 Å². The molecule has 0 aromatic carbocycles. The fourth-order valence-corrected chi connectivity index (χ4v) is 0.796. The van der Waals surface area contributed by atoms with Crippen LogP contribution >= 0.6 is 0 Å². The standard InChI is InChI=1S/C8H17N3O3/c1-10(2)5-4-9-8(14)11(3)6-7(12)13/h4-6H2,1-3H3,(H,9,14)(H,12,13). The van der Waals surface area contributed by atoms with Crippen molar-refractivity contribution in [1.29, 1.82) is 0 Å². The number of amides is 2. The van der Waals surface area contributed by atoms with Gasteiger partial charge >= 0.3 is 12.0 Å². The summed E-state index contributed by atoms with van der Waals surface area (Å²) in [5, 5.41) is 11.0. The van der Waals surface area contributed by atoms with E-state index in [0.717, 1.165) is 11.4 Å². The fourth-order valence-electron chi connectivity index (χ4n) is 0.796. The van der Waals surface area contributed by atoms with Crippen LogP contribution in [-0.4, -0.2) is 67.7 Å². The van der Waals surface area contributed by atoms with Gasteiger partial charge in [-0.15, -0.1) is 0 Å². The zero-order valence-electron chi connectivity index (χ0n) is 8.78. The Morgan fingerprint density at radius 1 is 1.29 bits per heavy atom. The van der Waals surface area contributed by atoms with Gasteiger partial charge in [-0.25, -0.2) is 4.79 Å². The summed E-state index contributed by atoms with van der Waals surface area (Å²) in [4.78, 5) is 24.5. The first-order valence-corrected chi connectivity index (χ1v) is 4.29. The van der Waals surface area contributed by atoms with Crippen molar-refractivity contribution in [3.63, 3.8) is 0 Å². The van der Waals surface area contributed by atoms with E-state index in [0.29, 0.717) is 6.54 Å². The third-order valence-electron chi connectivity index (χ3n) is 1.55. The molecule has 0 spiro atoms. The lowest BCUT2D eigenvalue weighted by atomic mass is 10.5. The summed E-state index contributed by atoms with van der Waals surface area (Å²) in [6, 6.07) is -0.366. The first kappa shape index (κ1) is 12.7. The molecule has 0 heterocycles. The Balaban J connectivity index is 3.67. The van der Waals surface area contributed by atoms with E-state index in [2.05, 4.69) is 5.32 Å². The van der Waals surface area contributed by atoms with Gasteiger partial charge in [-0.2, -0.15) is 0 Å². The van der Waals surface area contributed by atoms with E-state index in [1.165, 1.54) is 7.05 Å². The van der Waals surface area contributed by atoms with E-state index in [9.17, 15) is 9.59 Å². The van der Waals surface area contributed by atoms with Gasteiger partial charge in [-0.1, -0.05) is 0 Å². The Morgan fingerprint density at radius 3 is 2.29 bits per heavy atom. The van der Waals surface area contributed by atoms with Crippen LogP contribution < -0.4 is 5.32 Å². The molecule has 0 aliphatic heterocycles. The second-order valence-corrected chi connectivity index (χ2v) is 3.29. The summed E-state index contributed by atoms with van der Waals surface area (Å²) in [5.41, 5.74) is 0. The number of urea groups is 1. The van der Waals surface area contributed by atoms with Crippen LogP contribution in [0.25, 0.3) is 0 Å². The second-order valence-electron chi connectivity index (χ2n) is 3.29. The number of nitrogens with zero attached hydrogens (tertiary/aromatic N) is 2. The number of hydrogen-bond acceptors (Lipinski definition) is 3. The minimum absolute atomic E-state index is 0.284. The van der Waals surface area contributed by atoms with Gasteiger partial charge in [0.25, 0.3) is 0 Å². The largest absolute Gasteiger partial charge is 0.480 e. The molecule has 0 saturated heterocycles. The lowest BCUT2D eigenvalue weighted by Crippen LogP contribution is -2.42. The summed E-state index contributed by atoms with van der Waals surface area (Å²) < 4.78 is 0. The zero-order valence-corrected chi connectivity index (χ0v) is 8.78. The van der Waals surface area contributed by atoms with Crippen molar-refractivity contribution in [1.82, 2.24) is 15.1 Å². The molecular formula is C8H17N3O3. The van der Waals surface area contributed by atoms with E-state index < -0.39 is 5.97 Å². The molecule has 6 nitrogen and oxygen atoms in total. The van der Waals surface area contributed by atoms with Crippen molar-refractivity contribution in [3.05, 3.63) is 0 Å². The van der Waals surface area contributed by atoms with Crippen LogP contribution in [-0.2, 0) is 4.79 Å². The van der Waals surface area contributed by atoms with Gasteiger partial charge in [0.1, 0.15) is 6.54 Å². The average Bonchev–Trinajstić information content (AvgIpc) is 2.01. The summed E-state index contributed by atoms with van der Waals surface area (Å²) in [7, 11) is 5.24. The number of carboxylic acids is 1. The van der Waals surface area contributed by atoms with Crippen LogP contribution in [0.1, 0.15) is 0 Å². The molecule has 14 heavy (non-hydrogen) atoms. The third kappa shape index (κ3) is 6.24. The van der Waals surface area contributed by atoms with Crippen molar-refractivity contribution >= 4 is 12.0 Å². The van der Waals surface area contributed by atoms with Crippen molar-refractivity contribution in [2.24, 2.45) is 0 Å². The minimum Gasteiger partial charge on any atom is -0.480 e. The topological polar surface area (TPSA) is 72.9 Å². The molecule has 0 aromatic rings. The number of rotatable bonds is 5. The average molecular weight is 203 g/mol. The highest BCUT2D eigenvalue weighted by Gasteiger charge is 2.10. The van der Waals surface area contributed by atoms with Crippen LogP contribution in [0.15, 0.2) is 0 Å². The maximum Gasteiger partial charge on any atom is 0.323 e. The van der Waals surface area contributed by atoms with Gasteiger partial charge in [0, 0.05) is 20.1 Å². The second kappa shape index (κ2) is 6.20. The molecule has 0 rings (SSSR count). The van der Waals surface area contributed by atoms with Crippen LogP contribution in [0.2, 0.25) is 0 Å². The van der Waals surface area contributed by atoms with Gasteiger partial charge in [-0.3, -0.25) is 4.79 Å². The van der Waals surface area contributed by atoms with Crippen LogP contribution in [0.4, 0.5) is 4.79 Å². The fraction of sp³-hybridized carbons (Fsp3) is 0.750. The van der Waals surface area contributed by atoms with Gasteiger partial charge in [0.2, 0.25) is 0 Å². The lowest BCUT2D eigenvalue weighted by molar-refractivity contribution is -0.137. The SMILES string of the molecule is CN(C)CCNC(=O)N(C)CC(=O)O. The predicted molar refractivity (Wildman–Crippen MR) is 52.2 cm³/mol. The van der Waals surface area contributed by atoms with Crippen molar-refractivity contribution in [3.8, 4) is 0 Å². The number of carboxylic acid groups (broad SMARTS) is 1. The highest BCUT2D eigenvalue weighted by Crippen LogP contribution is 1.83. The predicted octanol–water partition coefficient (Wildman–Crippen LogP) is -0.726. The molecule has 6 heteroatoms. The molecule has 2 N–H and O–H groups in total. The molecule has 82 valence electrons. The maximum atomic E-state index is 11.2. The molecule has 0 atom stereocenters. The first-order valence-electron chi connectivity index (χ1n) is 4.29. The highest BCUT2D eigenvalue weighted by molar-refractivity contribution is 5.79. The molecular weight excluding hydrogens is 186 g/mol. The van der Waals surface area contributed by atoms with E-state index in [1.807, 2.05) is 19.0 Å². The molecule has 0 radical (unpaired) electrons. The quantitative estimate of drug-likeness (QED) is 0.618. The number of likely N-dealkylation sites (N-methyl/N-ethyl adjacent to an activating group) is 2. The summed E-state index contributed by atoms with van der Waals surface area (Å²) in [5.74, 6) is -1.02. The Morgan fingerprint density at radius 2 is 1.86 bits per heavy atom. The molecule has 2 amide bonds. The van der Waals surface area contributed by atoms with Crippen LogP contribution in [0.5, 0.6) is 0 Å². The number of carbonyl (C=O) groups is 2. The summed E-state index contributed by atoms with van der Waals surface area (Å²) in [6.45, 7) is 0.955. The molecule has 0 aliphatic rings. The molecule has 0 bridgehead atoms.